The maximum atomic E-state index is 13.3. The van der Waals surface area contributed by atoms with Crippen LogP contribution < -0.4 is 10.1 Å². The van der Waals surface area contributed by atoms with Gasteiger partial charge in [0, 0.05) is 16.3 Å². The molecule has 1 aliphatic heterocycles. The van der Waals surface area contributed by atoms with Crippen molar-refractivity contribution in [1.29, 1.82) is 0 Å². The van der Waals surface area contributed by atoms with Crippen LogP contribution in [-0.2, 0) is 16.9 Å². The summed E-state index contributed by atoms with van der Waals surface area (Å²) in [7, 11) is 1.59. The Morgan fingerprint density at radius 2 is 1.96 bits per heavy atom. The molecule has 8 heteroatoms. The summed E-state index contributed by atoms with van der Waals surface area (Å²) in [5, 5.41) is 9.71. The number of hydrogen-bond acceptors (Lipinski definition) is 6. The number of carbonyl (C=O) groups excluding carboxylic acids is 2. The van der Waals surface area contributed by atoms with Crippen molar-refractivity contribution in [3.05, 3.63) is 57.7 Å². The zero-order valence-electron chi connectivity index (χ0n) is 15.5. The van der Waals surface area contributed by atoms with Crippen LogP contribution in [0.4, 0.5) is 4.79 Å². The zero-order chi connectivity index (χ0) is 19.7. The Kier molecular flexibility index (Phi) is 4.91. The summed E-state index contributed by atoms with van der Waals surface area (Å²) in [6, 6.07) is 8.84. The number of aromatic nitrogens is 1. The molecule has 28 heavy (non-hydrogen) atoms. The lowest BCUT2D eigenvalue weighted by Crippen LogP contribution is -2.43. The molecule has 1 aliphatic rings. The number of urea groups is 1. The van der Waals surface area contributed by atoms with E-state index in [1.54, 1.807) is 30.6 Å². The van der Waals surface area contributed by atoms with Crippen LogP contribution in [0.15, 0.2) is 46.5 Å². The lowest BCUT2D eigenvalue weighted by molar-refractivity contribution is -0.132. The molecule has 144 valence electrons. The van der Waals surface area contributed by atoms with Crippen LogP contribution in [0, 0.1) is 0 Å². The molecular weight excluding hydrogens is 394 g/mol. The van der Waals surface area contributed by atoms with Crippen molar-refractivity contribution in [1.82, 2.24) is 15.2 Å². The molecule has 1 N–H and O–H groups in total. The van der Waals surface area contributed by atoms with Gasteiger partial charge in [0.15, 0.2) is 0 Å². The van der Waals surface area contributed by atoms with Crippen molar-refractivity contribution in [2.75, 3.05) is 7.11 Å². The number of benzene rings is 1. The number of nitrogens with zero attached hydrogens (tertiary/aromatic N) is 2. The van der Waals surface area contributed by atoms with Gasteiger partial charge in [0.1, 0.15) is 16.3 Å². The Hall–Kier alpha value is -2.71. The summed E-state index contributed by atoms with van der Waals surface area (Å²) in [5.74, 6) is 0.447. The van der Waals surface area contributed by atoms with Gasteiger partial charge in [-0.05, 0) is 35.6 Å². The summed E-state index contributed by atoms with van der Waals surface area (Å²) >= 11 is 3.12. The van der Waals surface area contributed by atoms with E-state index >= 15 is 0 Å². The highest BCUT2D eigenvalue weighted by molar-refractivity contribution is 7.14. The first-order valence-electron chi connectivity index (χ1n) is 8.83. The molecule has 0 aliphatic carbocycles. The fourth-order valence-corrected chi connectivity index (χ4v) is 4.87. The van der Waals surface area contributed by atoms with Gasteiger partial charge in [-0.2, -0.15) is 11.3 Å². The predicted octanol–water partition coefficient (Wildman–Crippen LogP) is 4.24. The standard InChI is InChI=1S/C20H19N3O3S2/c1-3-20(14-4-6-16(26-2)7-5-14)18(24)23(19(25)22-20)10-15-12-28-17(21-15)13-8-9-27-11-13/h4-9,11-12H,3,10H2,1-2H3,(H,22,25)/t20-/m0/s1. The first-order valence-corrected chi connectivity index (χ1v) is 10.6. The number of thiazole rings is 1. The van der Waals surface area contributed by atoms with E-state index in [1.807, 2.05) is 41.3 Å². The second-order valence-electron chi connectivity index (χ2n) is 6.46. The number of rotatable bonds is 6. The third-order valence-electron chi connectivity index (χ3n) is 4.93. The number of nitrogens with one attached hydrogen (secondary N) is 1. The number of methoxy groups -OCH3 is 1. The van der Waals surface area contributed by atoms with E-state index in [9.17, 15) is 9.59 Å². The Labute approximate surface area is 170 Å². The average Bonchev–Trinajstić information content (AvgIpc) is 3.45. The van der Waals surface area contributed by atoms with E-state index in [2.05, 4.69) is 10.3 Å². The molecular formula is C20H19N3O3S2. The molecule has 0 bridgehead atoms. The second kappa shape index (κ2) is 7.37. The number of carbonyl (C=O) groups is 2. The van der Waals surface area contributed by atoms with Gasteiger partial charge in [-0.3, -0.25) is 9.69 Å². The number of thiophene rings is 1. The summed E-state index contributed by atoms with van der Waals surface area (Å²) in [6.07, 6.45) is 0.456. The van der Waals surface area contributed by atoms with Crippen molar-refractivity contribution in [2.45, 2.75) is 25.4 Å². The van der Waals surface area contributed by atoms with Crippen LogP contribution in [0.5, 0.6) is 5.75 Å². The molecule has 6 nitrogen and oxygen atoms in total. The van der Waals surface area contributed by atoms with Gasteiger partial charge in [0.05, 0.1) is 19.3 Å². The average molecular weight is 414 g/mol. The first-order chi connectivity index (χ1) is 13.6. The Morgan fingerprint density at radius 1 is 1.18 bits per heavy atom. The molecule has 1 fully saturated rings. The molecule has 4 rings (SSSR count). The molecule has 0 unspecified atom stereocenters. The van der Waals surface area contributed by atoms with Gasteiger partial charge >= 0.3 is 6.03 Å². The molecule has 1 saturated heterocycles. The Bertz CT molecular complexity index is 998. The lowest BCUT2D eigenvalue weighted by atomic mass is 9.87. The molecule has 0 saturated carbocycles. The monoisotopic (exact) mass is 413 g/mol. The zero-order valence-corrected chi connectivity index (χ0v) is 17.1. The van der Waals surface area contributed by atoms with E-state index in [0.717, 1.165) is 16.1 Å². The number of ether oxygens (including phenoxy) is 1. The smallest absolute Gasteiger partial charge is 0.325 e. The summed E-state index contributed by atoms with van der Waals surface area (Å²) in [6.45, 7) is 2.05. The fourth-order valence-electron chi connectivity index (χ4n) is 3.34. The van der Waals surface area contributed by atoms with Crippen LogP contribution in [-0.4, -0.2) is 28.9 Å². The minimum atomic E-state index is -1.06. The van der Waals surface area contributed by atoms with E-state index in [-0.39, 0.29) is 12.5 Å². The molecule has 3 aromatic rings. The van der Waals surface area contributed by atoms with E-state index in [1.165, 1.54) is 16.2 Å². The van der Waals surface area contributed by atoms with Gasteiger partial charge in [0.25, 0.3) is 5.91 Å². The van der Waals surface area contributed by atoms with Crippen LogP contribution in [0.2, 0.25) is 0 Å². The first kappa shape index (κ1) is 18.6. The fraction of sp³-hybridized carbons (Fsp3) is 0.250. The predicted molar refractivity (Wildman–Crippen MR) is 109 cm³/mol. The molecule has 2 aromatic heterocycles. The third-order valence-corrected chi connectivity index (χ3v) is 6.55. The lowest BCUT2D eigenvalue weighted by Gasteiger charge is -2.25. The maximum Gasteiger partial charge on any atom is 0.325 e. The summed E-state index contributed by atoms with van der Waals surface area (Å²) in [5.41, 5.74) is 1.44. The van der Waals surface area contributed by atoms with E-state index in [0.29, 0.717) is 17.9 Å². The minimum absolute atomic E-state index is 0.156. The highest BCUT2D eigenvalue weighted by Gasteiger charge is 2.51. The number of imide groups is 1. The van der Waals surface area contributed by atoms with Crippen LogP contribution >= 0.6 is 22.7 Å². The van der Waals surface area contributed by atoms with Crippen LogP contribution in [0.1, 0.15) is 24.6 Å². The molecule has 1 aromatic carbocycles. The van der Waals surface area contributed by atoms with Gasteiger partial charge in [0.2, 0.25) is 0 Å². The van der Waals surface area contributed by atoms with Crippen molar-refractivity contribution >= 4 is 34.6 Å². The normalized spacial score (nSPS) is 19.1. The largest absolute Gasteiger partial charge is 0.497 e. The van der Waals surface area contributed by atoms with Gasteiger partial charge in [-0.25, -0.2) is 9.78 Å². The van der Waals surface area contributed by atoms with Crippen LogP contribution in [0.3, 0.4) is 0 Å². The van der Waals surface area contributed by atoms with Crippen molar-refractivity contribution in [3.8, 4) is 16.3 Å². The van der Waals surface area contributed by atoms with Crippen molar-refractivity contribution < 1.29 is 14.3 Å². The molecule has 0 spiro atoms. The summed E-state index contributed by atoms with van der Waals surface area (Å²) in [4.78, 5) is 31.7. The van der Waals surface area contributed by atoms with Crippen molar-refractivity contribution in [3.63, 3.8) is 0 Å². The SMILES string of the molecule is CC[C@@]1(c2ccc(OC)cc2)NC(=O)N(Cc2csc(-c3ccsc3)n2)C1=O. The highest BCUT2D eigenvalue weighted by atomic mass is 32.1. The number of hydrogen-bond donors (Lipinski definition) is 1. The van der Waals surface area contributed by atoms with Gasteiger partial charge in [-0.1, -0.05) is 19.1 Å². The summed E-state index contributed by atoms with van der Waals surface area (Å²) < 4.78 is 5.19. The van der Waals surface area contributed by atoms with Gasteiger partial charge < -0.3 is 10.1 Å². The number of amides is 3. The quantitative estimate of drug-likeness (QED) is 0.614. The van der Waals surface area contributed by atoms with E-state index < -0.39 is 11.6 Å². The highest BCUT2D eigenvalue weighted by Crippen LogP contribution is 2.34. The molecule has 1 atom stereocenters. The van der Waals surface area contributed by atoms with Crippen molar-refractivity contribution in [2.24, 2.45) is 0 Å². The van der Waals surface area contributed by atoms with E-state index in [4.69, 9.17) is 4.74 Å². The molecule has 3 amide bonds. The topological polar surface area (TPSA) is 71.5 Å². The third kappa shape index (κ3) is 3.08. The molecule has 0 radical (unpaired) electrons. The van der Waals surface area contributed by atoms with Crippen LogP contribution in [0.25, 0.3) is 10.6 Å². The maximum absolute atomic E-state index is 13.3. The molecule has 3 heterocycles. The second-order valence-corrected chi connectivity index (χ2v) is 8.10. The Morgan fingerprint density at radius 3 is 2.61 bits per heavy atom. The minimum Gasteiger partial charge on any atom is -0.497 e. The Balaban J connectivity index is 1.59. The van der Waals surface area contributed by atoms with Gasteiger partial charge in [-0.15, -0.1) is 11.3 Å².